The summed E-state index contributed by atoms with van der Waals surface area (Å²) in [5.74, 6) is -0.775. The number of nitrogens with zero attached hydrogens (tertiary/aromatic N) is 1. The summed E-state index contributed by atoms with van der Waals surface area (Å²) in [5.41, 5.74) is 3.58. The number of pyridine rings is 1. The van der Waals surface area contributed by atoms with Gasteiger partial charge in [0.15, 0.2) is 0 Å². The van der Waals surface area contributed by atoms with Crippen molar-refractivity contribution in [3.8, 4) is 11.3 Å². The molecule has 1 heterocycles. The summed E-state index contributed by atoms with van der Waals surface area (Å²) in [5, 5.41) is 19.5. The smallest absolute Gasteiger partial charge is 0.304 e. The lowest BCUT2D eigenvalue weighted by Crippen LogP contribution is -2.01. The Bertz CT molecular complexity index is 1040. The molecule has 0 aliphatic rings. The van der Waals surface area contributed by atoms with Gasteiger partial charge in [-0.25, -0.2) is 4.98 Å². The molecule has 0 fully saturated rings. The van der Waals surface area contributed by atoms with Gasteiger partial charge in [0.1, 0.15) is 0 Å². The zero-order chi connectivity index (χ0) is 21.5. The van der Waals surface area contributed by atoms with Crippen LogP contribution in [0.5, 0.6) is 0 Å². The first kappa shape index (κ1) is 22.5. The highest BCUT2D eigenvalue weighted by Gasteiger charge is 2.15. The number of carboxylic acid groups (broad SMARTS) is 2. The Kier molecular flexibility index (Phi) is 8.01. The van der Waals surface area contributed by atoms with E-state index in [0.29, 0.717) is 16.5 Å². The molecule has 0 aliphatic heterocycles. The lowest BCUT2D eigenvalue weighted by atomic mass is 10.1. The van der Waals surface area contributed by atoms with Gasteiger partial charge in [0, 0.05) is 27.5 Å². The fourth-order valence-electron chi connectivity index (χ4n) is 2.84. The summed E-state index contributed by atoms with van der Waals surface area (Å²) in [6.45, 7) is 0. The zero-order valence-corrected chi connectivity index (χ0v) is 18.3. The summed E-state index contributed by atoms with van der Waals surface area (Å²) in [4.78, 5) is 26.5. The number of carbonyl (C=O) groups is 2. The molecular formula is C22H20ClNO4S2. The Morgan fingerprint density at radius 2 is 1.60 bits per heavy atom. The van der Waals surface area contributed by atoms with Gasteiger partial charge < -0.3 is 10.2 Å². The Balaban J connectivity index is 1.85. The third kappa shape index (κ3) is 6.39. The second-order valence-electron chi connectivity index (χ2n) is 6.52. The summed E-state index contributed by atoms with van der Waals surface area (Å²) in [7, 11) is 0. The fourth-order valence-corrected chi connectivity index (χ4v) is 5.66. The number of hydrogen-bond donors (Lipinski definition) is 2. The molecule has 2 aromatic carbocycles. The van der Waals surface area contributed by atoms with Gasteiger partial charge in [-0.2, -0.15) is 0 Å². The van der Waals surface area contributed by atoms with Crippen LogP contribution in [0.3, 0.4) is 0 Å². The number of rotatable bonds is 10. The minimum atomic E-state index is -0.843. The van der Waals surface area contributed by atoms with Crippen LogP contribution < -0.4 is 0 Å². The Labute approximate surface area is 187 Å². The van der Waals surface area contributed by atoms with E-state index in [1.807, 2.05) is 54.6 Å². The minimum Gasteiger partial charge on any atom is -0.481 e. The predicted molar refractivity (Wildman–Crippen MR) is 124 cm³/mol. The molecule has 5 nitrogen and oxygen atoms in total. The molecule has 0 aliphatic carbocycles. The molecule has 1 aromatic heterocycles. The van der Waals surface area contributed by atoms with Gasteiger partial charge in [-0.3, -0.25) is 9.59 Å². The average Bonchev–Trinajstić information content (AvgIpc) is 2.71. The van der Waals surface area contributed by atoms with E-state index in [4.69, 9.17) is 26.8 Å². The Morgan fingerprint density at radius 3 is 2.27 bits per heavy atom. The Morgan fingerprint density at radius 1 is 0.933 bits per heavy atom. The van der Waals surface area contributed by atoms with Crippen LogP contribution in [0.15, 0.2) is 54.6 Å². The molecule has 3 rings (SSSR count). The largest absolute Gasteiger partial charge is 0.481 e. The van der Waals surface area contributed by atoms with Crippen molar-refractivity contribution >= 4 is 58.0 Å². The minimum absolute atomic E-state index is 0.0569. The molecule has 3 aromatic rings. The lowest BCUT2D eigenvalue weighted by molar-refractivity contribution is -0.137. The molecule has 0 atom stereocenters. The van der Waals surface area contributed by atoms with Gasteiger partial charge in [-0.15, -0.1) is 23.5 Å². The van der Waals surface area contributed by atoms with Crippen molar-refractivity contribution in [3.05, 3.63) is 65.2 Å². The predicted octanol–water partition coefficient (Wildman–Crippen LogP) is 5.97. The standard InChI is InChI=1S/C22H20ClNO4S2/c23-17-6-4-14-5-7-18(24-19(14)13-17)15-2-1-3-16(12-15)22(29-10-8-20(25)26)30-11-9-21(27)28/h1-7,12-13,22H,8-11H2,(H,25,26)(H,27,28). The highest BCUT2D eigenvalue weighted by Crippen LogP contribution is 2.41. The molecule has 2 N–H and O–H groups in total. The van der Waals surface area contributed by atoms with Gasteiger partial charge in [0.05, 0.1) is 28.6 Å². The van der Waals surface area contributed by atoms with Gasteiger partial charge in [0.25, 0.3) is 0 Å². The molecule has 0 saturated carbocycles. The van der Waals surface area contributed by atoms with Crippen LogP contribution in [0.1, 0.15) is 23.0 Å². The third-order valence-electron chi connectivity index (χ3n) is 4.28. The van der Waals surface area contributed by atoms with Gasteiger partial charge in [-0.05, 0) is 29.8 Å². The van der Waals surface area contributed by atoms with Crippen LogP contribution >= 0.6 is 35.1 Å². The van der Waals surface area contributed by atoms with Crippen molar-refractivity contribution in [2.45, 2.75) is 17.4 Å². The van der Waals surface area contributed by atoms with Crippen LogP contribution in [0.4, 0.5) is 0 Å². The molecule has 8 heteroatoms. The number of halogens is 1. The molecule has 0 bridgehead atoms. The number of thioether (sulfide) groups is 2. The van der Waals surface area contributed by atoms with E-state index in [2.05, 4.69) is 0 Å². The van der Waals surface area contributed by atoms with Crippen molar-refractivity contribution in [1.29, 1.82) is 0 Å². The van der Waals surface area contributed by atoms with Gasteiger partial charge in [-0.1, -0.05) is 41.9 Å². The molecule has 0 radical (unpaired) electrons. The Hall–Kier alpha value is -2.22. The highest BCUT2D eigenvalue weighted by atomic mass is 35.5. The van der Waals surface area contributed by atoms with Crippen LogP contribution in [-0.4, -0.2) is 38.6 Å². The summed E-state index contributed by atoms with van der Waals surface area (Å²) < 4.78 is -0.0569. The number of hydrogen-bond acceptors (Lipinski definition) is 5. The van der Waals surface area contributed by atoms with Crippen LogP contribution in [0.25, 0.3) is 22.2 Å². The van der Waals surface area contributed by atoms with Gasteiger partial charge >= 0.3 is 11.9 Å². The van der Waals surface area contributed by atoms with E-state index in [1.54, 1.807) is 0 Å². The van der Waals surface area contributed by atoms with Crippen molar-refractivity contribution in [1.82, 2.24) is 4.98 Å². The number of aromatic nitrogens is 1. The van der Waals surface area contributed by atoms with E-state index in [1.165, 1.54) is 23.5 Å². The first-order valence-electron chi connectivity index (χ1n) is 9.26. The molecule has 0 spiro atoms. The SMILES string of the molecule is O=C(O)CCSC(SCCC(=O)O)c1cccc(-c2ccc3ccc(Cl)cc3n2)c1. The molecule has 0 amide bonds. The monoisotopic (exact) mass is 461 g/mol. The summed E-state index contributed by atoms with van der Waals surface area (Å²) in [6.07, 6.45) is 0.126. The highest BCUT2D eigenvalue weighted by molar-refractivity contribution is 8.16. The molecule has 0 unspecified atom stereocenters. The summed E-state index contributed by atoms with van der Waals surface area (Å²) >= 11 is 9.12. The first-order chi connectivity index (χ1) is 14.4. The normalized spacial score (nSPS) is 11.1. The van der Waals surface area contributed by atoms with Crippen LogP contribution in [-0.2, 0) is 9.59 Å². The van der Waals surface area contributed by atoms with E-state index in [-0.39, 0.29) is 17.4 Å². The lowest BCUT2D eigenvalue weighted by Gasteiger charge is -2.17. The van der Waals surface area contributed by atoms with E-state index < -0.39 is 11.9 Å². The van der Waals surface area contributed by atoms with Crippen LogP contribution in [0.2, 0.25) is 5.02 Å². The van der Waals surface area contributed by atoms with E-state index in [9.17, 15) is 9.59 Å². The summed E-state index contributed by atoms with van der Waals surface area (Å²) in [6, 6.07) is 17.5. The average molecular weight is 462 g/mol. The second kappa shape index (κ2) is 10.7. The maximum atomic E-state index is 10.9. The zero-order valence-electron chi connectivity index (χ0n) is 16.0. The fraction of sp³-hybridized carbons (Fsp3) is 0.227. The van der Waals surface area contributed by atoms with Crippen molar-refractivity contribution in [3.63, 3.8) is 0 Å². The van der Waals surface area contributed by atoms with Gasteiger partial charge in [0.2, 0.25) is 0 Å². The molecule has 30 heavy (non-hydrogen) atoms. The maximum absolute atomic E-state index is 10.9. The van der Waals surface area contributed by atoms with Crippen LogP contribution in [0, 0.1) is 0 Å². The maximum Gasteiger partial charge on any atom is 0.304 e. The third-order valence-corrected chi connectivity index (χ3v) is 7.36. The number of carboxylic acids is 2. The topological polar surface area (TPSA) is 87.5 Å². The number of fused-ring (bicyclic) bond motifs is 1. The van der Waals surface area contributed by atoms with Crippen molar-refractivity contribution in [2.24, 2.45) is 0 Å². The molecule has 156 valence electrons. The number of benzene rings is 2. The number of aliphatic carboxylic acids is 2. The molecule has 0 saturated heterocycles. The van der Waals surface area contributed by atoms with Crippen molar-refractivity contribution in [2.75, 3.05) is 11.5 Å². The van der Waals surface area contributed by atoms with E-state index in [0.717, 1.165) is 27.7 Å². The van der Waals surface area contributed by atoms with E-state index >= 15 is 0 Å². The van der Waals surface area contributed by atoms with Crippen molar-refractivity contribution < 1.29 is 19.8 Å². The second-order valence-corrected chi connectivity index (χ2v) is 9.68. The quantitative estimate of drug-likeness (QED) is 0.359. The molecular weight excluding hydrogens is 442 g/mol. The first-order valence-corrected chi connectivity index (χ1v) is 11.7.